The third-order valence-electron chi connectivity index (χ3n) is 7.30. The molecule has 1 unspecified atom stereocenters. The number of nitrogens with one attached hydrogen (secondary N) is 2. The number of allylic oxidation sites excluding steroid dienone is 3. The number of ether oxygens (including phenoxy) is 2. The Morgan fingerprint density at radius 3 is 2.62 bits per heavy atom. The van der Waals surface area contributed by atoms with Crippen LogP contribution < -0.4 is 25.8 Å². The normalized spacial score (nSPS) is 18.3. The van der Waals surface area contributed by atoms with Crippen LogP contribution >= 0.6 is 11.3 Å². The molecule has 0 radical (unpaired) electrons. The number of aromatic nitrogens is 1. The highest BCUT2D eigenvalue weighted by Gasteiger charge is 2.43. The number of hydrogen-bond donors (Lipinski definition) is 3. The van der Waals surface area contributed by atoms with Crippen LogP contribution in [0.2, 0.25) is 0 Å². The largest absolute Gasteiger partial charge is 0.497 e. The van der Waals surface area contributed by atoms with Crippen molar-refractivity contribution >= 4 is 44.3 Å². The van der Waals surface area contributed by atoms with Crippen LogP contribution in [0.5, 0.6) is 11.5 Å². The first-order valence-electron chi connectivity index (χ1n) is 12.9. The lowest BCUT2D eigenvalue weighted by Crippen LogP contribution is -2.39. The van der Waals surface area contributed by atoms with E-state index in [1.165, 1.54) is 18.4 Å². The van der Waals surface area contributed by atoms with Gasteiger partial charge in [0.25, 0.3) is 5.91 Å². The van der Waals surface area contributed by atoms with Gasteiger partial charge in [0.15, 0.2) is 10.9 Å². The zero-order valence-corrected chi connectivity index (χ0v) is 24.0. The molecule has 3 aromatic rings. The summed E-state index contributed by atoms with van der Waals surface area (Å²) in [6, 6.07) is 10.9. The number of hydrogen-bond acceptors (Lipinski definition) is 8. The molecule has 0 saturated carbocycles. The first kappa shape index (κ1) is 27.4. The van der Waals surface area contributed by atoms with Gasteiger partial charge in [0.05, 0.1) is 30.9 Å². The number of carbonyl (C=O) groups is 3. The Balaban J connectivity index is 1.60. The second-order valence-corrected chi connectivity index (χ2v) is 12.0. The number of rotatable bonds is 7. The topological polar surface area (TPSA) is 133 Å². The number of primary amides is 1. The summed E-state index contributed by atoms with van der Waals surface area (Å²) in [5.41, 5.74) is 9.77. The van der Waals surface area contributed by atoms with E-state index in [0.717, 1.165) is 10.4 Å². The van der Waals surface area contributed by atoms with Crippen LogP contribution in [0.15, 0.2) is 58.9 Å². The minimum atomic E-state index is -0.646. The quantitative estimate of drug-likeness (QED) is 0.385. The summed E-state index contributed by atoms with van der Waals surface area (Å²) in [7, 11) is 3.11. The standard InChI is InChI=1S/C30H32N4O5S/c1-15-25(28(37)34-29-33-19-12-18(38-4)7-9-23(19)40-29)26(27-20(32-15)13-30(2,3)14-21(27)35)16-6-8-22(39-5)17(10-16)11-24(31)36/h6-10,12,26,32H,11,13-14H2,1-5H3,(H2,31,36)(H,33,34,37). The second kappa shape index (κ2) is 10.4. The summed E-state index contributed by atoms with van der Waals surface area (Å²) >= 11 is 1.36. The predicted octanol–water partition coefficient (Wildman–Crippen LogP) is 4.58. The van der Waals surface area contributed by atoms with Crippen LogP contribution in [0.4, 0.5) is 5.13 Å². The minimum absolute atomic E-state index is 0.0131. The highest BCUT2D eigenvalue weighted by molar-refractivity contribution is 7.22. The van der Waals surface area contributed by atoms with Crippen LogP contribution in [0.25, 0.3) is 10.2 Å². The van der Waals surface area contributed by atoms with E-state index >= 15 is 0 Å². The van der Waals surface area contributed by atoms with Gasteiger partial charge in [0, 0.05) is 46.5 Å². The molecule has 0 bridgehead atoms. The van der Waals surface area contributed by atoms with E-state index in [1.54, 1.807) is 13.2 Å². The van der Waals surface area contributed by atoms with Crippen molar-refractivity contribution < 1.29 is 23.9 Å². The maximum absolute atomic E-state index is 14.0. The van der Waals surface area contributed by atoms with Crippen LogP contribution in [0.3, 0.4) is 0 Å². The van der Waals surface area contributed by atoms with E-state index in [0.29, 0.717) is 63.0 Å². The molecule has 9 nitrogen and oxygen atoms in total. The van der Waals surface area contributed by atoms with Crippen molar-refractivity contribution in [2.24, 2.45) is 11.1 Å². The van der Waals surface area contributed by atoms with Gasteiger partial charge in [-0.1, -0.05) is 37.3 Å². The Morgan fingerprint density at radius 2 is 1.93 bits per heavy atom. The number of anilines is 1. The first-order chi connectivity index (χ1) is 19.0. The molecular weight excluding hydrogens is 528 g/mol. The molecule has 2 heterocycles. The van der Waals surface area contributed by atoms with Crippen molar-refractivity contribution in [2.45, 2.75) is 46.0 Å². The molecule has 5 rings (SSSR count). The number of dihydropyridines is 1. The summed E-state index contributed by atoms with van der Waals surface area (Å²) in [6.07, 6.45) is 0.997. The Kier molecular flexibility index (Phi) is 7.14. The molecule has 2 amide bonds. The van der Waals surface area contributed by atoms with Gasteiger partial charge in [-0.3, -0.25) is 19.7 Å². The zero-order valence-electron chi connectivity index (χ0n) is 23.1. The Hall–Kier alpha value is -4.18. The average molecular weight is 561 g/mol. The molecule has 1 aliphatic heterocycles. The molecule has 0 fully saturated rings. The van der Waals surface area contributed by atoms with Crippen molar-refractivity contribution in [2.75, 3.05) is 19.5 Å². The zero-order chi connectivity index (χ0) is 28.8. The molecule has 2 aromatic carbocycles. The molecular formula is C30H32N4O5S. The Bertz CT molecular complexity index is 1620. The molecule has 4 N–H and O–H groups in total. The molecule has 1 aliphatic carbocycles. The molecule has 1 atom stereocenters. The second-order valence-electron chi connectivity index (χ2n) is 11.0. The predicted molar refractivity (Wildman–Crippen MR) is 154 cm³/mol. The maximum atomic E-state index is 14.0. The van der Waals surface area contributed by atoms with Crippen molar-refractivity contribution in [1.29, 1.82) is 0 Å². The third-order valence-corrected chi connectivity index (χ3v) is 8.25. The lowest BCUT2D eigenvalue weighted by Gasteiger charge is -2.39. The summed E-state index contributed by atoms with van der Waals surface area (Å²) in [5.74, 6) is -0.341. The van der Waals surface area contributed by atoms with Gasteiger partial charge < -0.3 is 20.5 Å². The molecule has 2 aliphatic rings. The number of carbonyl (C=O) groups excluding carboxylic acids is 3. The highest BCUT2D eigenvalue weighted by atomic mass is 32.1. The van der Waals surface area contributed by atoms with Crippen LogP contribution in [-0.4, -0.2) is 36.8 Å². The SMILES string of the molecule is COc1ccc2sc(NC(=O)C3=C(C)NC4=C(C(=O)CC(C)(C)C4)C3c3ccc(OC)c(CC(N)=O)c3)nc2c1. The number of Topliss-reactive ketones (excluding diaryl/α,β-unsaturated/α-hetero) is 1. The number of thiazole rings is 1. The molecule has 40 heavy (non-hydrogen) atoms. The molecule has 0 saturated heterocycles. The fraction of sp³-hybridized carbons (Fsp3) is 0.333. The van der Waals surface area contributed by atoms with Crippen molar-refractivity contribution in [3.63, 3.8) is 0 Å². The third kappa shape index (κ3) is 5.19. The number of methoxy groups -OCH3 is 2. The van der Waals surface area contributed by atoms with E-state index in [2.05, 4.69) is 29.5 Å². The van der Waals surface area contributed by atoms with E-state index in [9.17, 15) is 14.4 Å². The molecule has 208 valence electrons. The fourth-order valence-corrected chi connectivity index (χ4v) is 6.47. The maximum Gasteiger partial charge on any atom is 0.256 e. The van der Waals surface area contributed by atoms with Gasteiger partial charge in [-0.2, -0.15) is 0 Å². The smallest absolute Gasteiger partial charge is 0.256 e. The number of fused-ring (bicyclic) bond motifs is 1. The van der Waals surface area contributed by atoms with E-state index in [-0.39, 0.29) is 23.5 Å². The summed E-state index contributed by atoms with van der Waals surface area (Å²) in [5, 5.41) is 6.78. The molecule has 1 aromatic heterocycles. The van der Waals surface area contributed by atoms with Crippen molar-refractivity contribution in [1.82, 2.24) is 10.3 Å². The van der Waals surface area contributed by atoms with Gasteiger partial charge in [-0.05, 0) is 42.5 Å². The molecule has 0 spiro atoms. The van der Waals surface area contributed by atoms with E-state index in [1.807, 2.05) is 37.3 Å². The minimum Gasteiger partial charge on any atom is -0.497 e. The van der Waals surface area contributed by atoms with Crippen LogP contribution in [-0.2, 0) is 20.8 Å². The van der Waals surface area contributed by atoms with Gasteiger partial charge in [0.1, 0.15) is 11.5 Å². The summed E-state index contributed by atoms with van der Waals surface area (Å²) in [6.45, 7) is 5.97. The highest BCUT2D eigenvalue weighted by Crippen LogP contribution is 2.47. The summed E-state index contributed by atoms with van der Waals surface area (Å²) in [4.78, 5) is 44.0. The Morgan fingerprint density at radius 1 is 1.15 bits per heavy atom. The van der Waals surface area contributed by atoms with E-state index in [4.69, 9.17) is 15.2 Å². The van der Waals surface area contributed by atoms with Crippen molar-refractivity contribution in [3.8, 4) is 11.5 Å². The van der Waals surface area contributed by atoms with Crippen LogP contribution in [0.1, 0.15) is 50.7 Å². The van der Waals surface area contributed by atoms with Gasteiger partial charge in [-0.25, -0.2) is 4.98 Å². The summed E-state index contributed by atoms with van der Waals surface area (Å²) < 4.78 is 11.7. The number of ketones is 1. The number of nitrogens with zero attached hydrogens (tertiary/aromatic N) is 1. The lowest BCUT2D eigenvalue weighted by molar-refractivity contribution is -0.119. The van der Waals surface area contributed by atoms with Gasteiger partial charge in [-0.15, -0.1) is 0 Å². The van der Waals surface area contributed by atoms with Crippen LogP contribution in [0, 0.1) is 5.41 Å². The first-order valence-corrected chi connectivity index (χ1v) is 13.8. The number of benzene rings is 2. The average Bonchev–Trinajstić information content (AvgIpc) is 3.27. The number of nitrogens with two attached hydrogens (primary N) is 1. The molecule has 10 heteroatoms. The van der Waals surface area contributed by atoms with Crippen molar-refractivity contribution in [3.05, 3.63) is 70.1 Å². The fourth-order valence-electron chi connectivity index (χ4n) is 5.63. The Labute approximate surface area is 236 Å². The van der Waals surface area contributed by atoms with Gasteiger partial charge >= 0.3 is 0 Å². The lowest BCUT2D eigenvalue weighted by atomic mass is 9.68. The van der Waals surface area contributed by atoms with E-state index < -0.39 is 11.8 Å². The monoisotopic (exact) mass is 560 g/mol. The van der Waals surface area contributed by atoms with Gasteiger partial charge in [0.2, 0.25) is 5.91 Å². The number of amides is 2.